The second kappa shape index (κ2) is 9.37. The van der Waals surface area contributed by atoms with E-state index >= 15 is 4.39 Å². The van der Waals surface area contributed by atoms with Crippen LogP contribution in [0, 0.1) is 29.0 Å². The Morgan fingerprint density at radius 1 is 1.10 bits per heavy atom. The lowest BCUT2D eigenvalue weighted by molar-refractivity contribution is -0.134. The van der Waals surface area contributed by atoms with E-state index in [0.717, 1.165) is 43.4 Å². The average molecular weight is 567 g/mol. The Morgan fingerprint density at radius 3 is 2.52 bits per heavy atom. The molecule has 10 heteroatoms. The molecule has 1 aromatic heterocycles. The largest absolute Gasteiger partial charge is 0.392 e. The topological polar surface area (TPSA) is 116 Å². The summed E-state index contributed by atoms with van der Waals surface area (Å²) in [7, 11) is -3.73. The Bertz CT molecular complexity index is 1520. The molecule has 2 aromatic carbocycles. The third kappa shape index (κ3) is 4.19. The summed E-state index contributed by atoms with van der Waals surface area (Å²) in [6.07, 6.45) is 6.91. The first-order chi connectivity index (χ1) is 19.1. The third-order valence-electron chi connectivity index (χ3n) is 9.97. The number of aliphatic hydroxyl groups excluding tert-OH is 2. The summed E-state index contributed by atoms with van der Waals surface area (Å²) in [6.45, 7) is 1.60. The van der Waals surface area contributed by atoms with E-state index in [-0.39, 0.29) is 40.0 Å². The number of sulfonamides is 1. The first-order valence-corrected chi connectivity index (χ1v) is 15.7. The lowest BCUT2D eigenvalue weighted by atomic mass is 9.46. The molecule has 5 aliphatic rings. The van der Waals surface area contributed by atoms with Gasteiger partial charge in [0.15, 0.2) is 0 Å². The number of aromatic nitrogens is 2. The number of nitrogens with one attached hydrogen (secondary N) is 2. The van der Waals surface area contributed by atoms with Gasteiger partial charge < -0.3 is 20.1 Å². The van der Waals surface area contributed by atoms with Gasteiger partial charge in [0.1, 0.15) is 12.0 Å². The number of hydrogen-bond acceptors (Lipinski definition) is 6. The normalized spacial score (nSPS) is 31.6. The van der Waals surface area contributed by atoms with Crippen LogP contribution in [-0.2, 0) is 10.0 Å². The molecule has 3 aromatic rings. The van der Waals surface area contributed by atoms with Crippen LogP contribution in [0.25, 0.3) is 11.3 Å². The van der Waals surface area contributed by atoms with Crippen molar-refractivity contribution in [2.45, 2.75) is 74.8 Å². The van der Waals surface area contributed by atoms with Crippen molar-refractivity contribution in [3.63, 3.8) is 0 Å². The minimum Gasteiger partial charge on any atom is -0.392 e. The van der Waals surface area contributed by atoms with Crippen molar-refractivity contribution in [1.29, 1.82) is 0 Å². The van der Waals surface area contributed by atoms with Crippen molar-refractivity contribution in [3.8, 4) is 11.3 Å². The highest BCUT2D eigenvalue weighted by Crippen LogP contribution is 2.62. The zero-order valence-corrected chi connectivity index (χ0v) is 23.2. The maximum absolute atomic E-state index is 15.0. The Labute approximate surface area is 233 Å². The number of aliphatic hydroxyl groups is 2. The van der Waals surface area contributed by atoms with E-state index in [1.165, 1.54) is 6.07 Å². The van der Waals surface area contributed by atoms with E-state index in [1.807, 2.05) is 10.6 Å². The van der Waals surface area contributed by atoms with Gasteiger partial charge in [0.25, 0.3) is 0 Å². The van der Waals surface area contributed by atoms with Gasteiger partial charge in [-0.2, -0.15) is 0 Å². The Morgan fingerprint density at radius 2 is 1.82 bits per heavy atom. The maximum Gasteiger partial charge on any atom is 0.240 e. The highest BCUT2D eigenvalue weighted by molar-refractivity contribution is 7.89. The lowest BCUT2D eigenvalue weighted by Crippen LogP contribution is -2.61. The fourth-order valence-corrected chi connectivity index (χ4v) is 9.97. The van der Waals surface area contributed by atoms with Crippen LogP contribution < -0.4 is 10.0 Å². The van der Waals surface area contributed by atoms with Crippen LogP contribution in [-0.4, -0.2) is 46.6 Å². The van der Waals surface area contributed by atoms with Crippen molar-refractivity contribution < 1.29 is 23.0 Å². The van der Waals surface area contributed by atoms with E-state index < -0.39 is 22.4 Å². The highest BCUT2D eigenvalue weighted by Gasteiger charge is 2.58. The van der Waals surface area contributed by atoms with Crippen LogP contribution >= 0.6 is 0 Å². The second-order valence-electron chi connectivity index (χ2n) is 12.5. The molecule has 4 saturated carbocycles. The number of hydrogen-bond donors (Lipinski definition) is 4. The standard InChI is InChI=1S/C30H35FN4O4S/c1-17(36)33-21-5-7-22(8-6-21)40(38,39)34-29-19-9-18-10-20(29)14-30(12-18,13-19)27(37)11-25-28-23(3-2-4-24(28)31)26-15-32-16-35(25)26/h2-8,15-20,25,27,29,33-34,36-37H,9-14H2,1H3. The Hall–Kier alpha value is -2.79. The summed E-state index contributed by atoms with van der Waals surface area (Å²) in [5, 5.41) is 24.2. The van der Waals surface area contributed by atoms with Crippen LogP contribution in [0.4, 0.5) is 10.1 Å². The van der Waals surface area contributed by atoms with Gasteiger partial charge in [-0.05, 0) is 98.9 Å². The molecule has 8 rings (SSSR count). The average Bonchev–Trinajstić information content (AvgIpc) is 3.49. The molecule has 0 spiro atoms. The molecule has 4 aliphatic carbocycles. The van der Waals surface area contributed by atoms with Crippen molar-refractivity contribution in [1.82, 2.24) is 14.3 Å². The molecule has 4 N–H and O–H groups in total. The van der Waals surface area contributed by atoms with E-state index in [9.17, 15) is 18.6 Å². The summed E-state index contributed by atoms with van der Waals surface area (Å²) in [6, 6.07) is 11.0. The molecule has 212 valence electrons. The molecule has 4 fully saturated rings. The molecule has 2 heterocycles. The predicted molar refractivity (Wildman–Crippen MR) is 148 cm³/mol. The smallest absolute Gasteiger partial charge is 0.240 e. The van der Waals surface area contributed by atoms with Crippen LogP contribution in [0.15, 0.2) is 59.9 Å². The van der Waals surface area contributed by atoms with Gasteiger partial charge in [0.2, 0.25) is 10.0 Å². The van der Waals surface area contributed by atoms with Crippen molar-refractivity contribution >= 4 is 15.7 Å². The van der Waals surface area contributed by atoms with Crippen molar-refractivity contribution in [3.05, 3.63) is 66.4 Å². The van der Waals surface area contributed by atoms with Gasteiger partial charge in [-0.25, -0.2) is 22.5 Å². The molecule has 1 aliphatic heterocycles. The maximum atomic E-state index is 15.0. The first kappa shape index (κ1) is 26.1. The lowest BCUT2D eigenvalue weighted by Gasteiger charge is -2.61. The SMILES string of the molecule is CC(O)Nc1ccc(S(=O)(=O)NC2C3CC4CC2CC(C(O)CC2c5c(F)cccc5-c5cncn52)(C4)C3)cc1. The second-order valence-corrected chi connectivity index (χ2v) is 14.2. The molecule has 4 bridgehead atoms. The fourth-order valence-electron chi connectivity index (χ4n) is 8.60. The minimum atomic E-state index is -3.73. The van der Waals surface area contributed by atoms with Gasteiger partial charge in [-0.3, -0.25) is 0 Å². The molecule has 8 nitrogen and oxygen atoms in total. The summed E-state index contributed by atoms with van der Waals surface area (Å²) < 4.78 is 46.8. The van der Waals surface area contributed by atoms with E-state index in [1.54, 1.807) is 49.8 Å². The Kier molecular flexibility index (Phi) is 6.12. The number of rotatable bonds is 8. The summed E-state index contributed by atoms with van der Waals surface area (Å²) in [4.78, 5) is 4.49. The quantitative estimate of drug-likeness (QED) is 0.303. The van der Waals surface area contributed by atoms with Gasteiger partial charge in [0, 0.05) is 22.9 Å². The number of benzene rings is 2. The number of nitrogens with zero attached hydrogens (tertiary/aromatic N) is 2. The molecular weight excluding hydrogens is 531 g/mol. The molecule has 40 heavy (non-hydrogen) atoms. The van der Waals surface area contributed by atoms with Gasteiger partial charge >= 0.3 is 0 Å². The summed E-state index contributed by atoms with van der Waals surface area (Å²) in [5.74, 6) is 0.523. The van der Waals surface area contributed by atoms with E-state index in [0.29, 0.717) is 23.6 Å². The first-order valence-electron chi connectivity index (χ1n) is 14.2. The van der Waals surface area contributed by atoms with Gasteiger partial charge in [0.05, 0.1) is 35.3 Å². The fraction of sp³-hybridized carbons (Fsp3) is 0.500. The van der Waals surface area contributed by atoms with Crippen LogP contribution in [0.5, 0.6) is 0 Å². The third-order valence-corrected chi connectivity index (χ3v) is 11.4. The molecule has 5 atom stereocenters. The molecular formula is C30H35FN4O4S. The number of halogens is 1. The summed E-state index contributed by atoms with van der Waals surface area (Å²) in [5.41, 5.74) is 2.70. The Balaban J connectivity index is 1.10. The van der Waals surface area contributed by atoms with E-state index in [2.05, 4.69) is 15.0 Å². The molecule has 0 saturated heterocycles. The van der Waals surface area contributed by atoms with Crippen LogP contribution in [0.2, 0.25) is 0 Å². The number of fused-ring (bicyclic) bond motifs is 3. The van der Waals surface area contributed by atoms with E-state index in [4.69, 9.17) is 0 Å². The van der Waals surface area contributed by atoms with Crippen molar-refractivity contribution in [2.24, 2.45) is 23.2 Å². The monoisotopic (exact) mass is 566 g/mol. The zero-order chi connectivity index (χ0) is 27.8. The van der Waals surface area contributed by atoms with Gasteiger partial charge in [-0.15, -0.1) is 0 Å². The van der Waals surface area contributed by atoms with Gasteiger partial charge in [-0.1, -0.05) is 12.1 Å². The number of anilines is 1. The summed E-state index contributed by atoms with van der Waals surface area (Å²) >= 11 is 0. The zero-order valence-electron chi connectivity index (χ0n) is 22.4. The molecule has 5 unspecified atom stereocenters. The van der Waals surface area contributed by atoms with Crippen LogP contribution in [0.1, 0.15) is 57.1 Å². The molecule has 0 amide bonds. The predicted octanol–water partition coefficient (Wildman–Crippen LogP) is 4.27. The molecule has 0 radical (unpaired) electrons. The van der Waals surface area contributed by atoms with Crippen molar-refractivity contribution in [2.75, 3.05) is 5.32 Å². The minimum absolute atomic E-state index is 0.156. The van der Waals surface area contributed by atoms with Crippen LogP contribution in [0.3, 0.4) is 0 Å². The number of imidazole rings is 1. The highest BCUT2D eigenvalue weighted by atomic mass is 32.2.